The van der Waals surface area contributed by atoms with Gasteiger partial charge in [-0.25, -0.2) is 4.79 Å². The van der Waals surface area contributed by atoms with E-state index in [1.807, 2.05) is 32.0 Å². The number of carboxylic acids is 1. The summed E-state index contributed by atoms with van der Waals surface area (Å²) in [5, 5.41) is 9.99. The van der Waals surface area contributed by atoms with Crippen molar-refractivity contribution in [3.05, 3.63) is 53.9 Å². The molecule has 0 unspecified atom stereocenters. The van der Waals surface area contributed by atoms with Gasteiger partial charge in [0.25, 0.3) is 5.91 Å². The Bertz CT molecular complexity index is 814. The minimum atomic E-state index is -5.08. The molecule has 1 aromatic carbocycles. The molecule has 1 amide bonds. The number of amides is 1. The fourth-order valence-electron chi connectivity index (χ4n) is 2.16. The molecule has 2 rings (SSSR count). The molecule has 2 aromatic rings. The molecule has 30 heavy (non-hydrogen) atoms. The predicted octanol–water partition coefficient (Wildman–Crippen LogP) is 3.48. The number of carboxylic acid groups (broad SMARTS) is 1. The molecule has 0 radical (unpaired) electrons. The second-order valence-electron chi connectivity index (χ2n) is 5.67. The van der Waals surface area contributed by atoms with Crippen molar-refractivity contribution in [1.29, 1.82) is 0 Å². The lowest BCUT2D eigenvalue weighted by Gasteiger charge is -2.12. The quantitative estimate of drug-likeness (QED) is 0.668. The second-order valence-corrected chi connectivity index (χ2v) is 5.67. The molecular weight excluding hydrogens is 405 g/mol. The highest BCUT2D eigenvalue weighted by Gasteiger charge is 2.38. The maximum Gasteiger partial charge on any atom is 0.490 e. The van der Waals surface area contributed by atoms with E-state index >= 15 is 0 Å². The average molecular weight is 428 g/mol. The topological polar surface area (TPSA) is 97.8 Å². The number of aliphatic carboxylic acids is 1. The van der Waals surface area contributed by atoms with Crippen LogP contribution in [0.1, 0.15) is 29.9 Å². The van der Waals surface area contributed by atoms with Crippen molar-refractivity contribution in [2.24, 2.45) is 0 Å². The minimum absolute atomic E-state index is 0.165. The number of nitrogens with zero attached hydrogens (tertiary/aromatic N) is 1. The lowest BCUT2D eigenvalue weighted by molar-refractivity contribution is -0.192. The summed E-state index contributed by atoms with van der Waals surface area (Å²) < 4.78 is 42.9. The van der Waals surface area contributed by atoms with Crippen LogP contribution < -0.4 is 14.8 Å². The van der Waals surface area contributed by atoms with Gasteiger partial charge in [0.15, 0.2) is 11.5 Å². The first-order valence-electron chi connectivity index (χ1n) is 9.06. The number of aromatic nitrogens is 1. The van der Waals surface area contributed by atoms with Gasteiger partial charge >= 0.3 is 12.1 Å². The van der Waals surface area contributed by atoms with Crippen LogP contribution in [0.3, 0.4) is 0 Å². The van der Waals surface area contributed by atoms with Gasteiger partial charge in [0, 0.05) is 12.7 Å². The molecule has 0 spiro atoms. The maximum absolute atomic E-state index is 11.9. The van der Waals surface area contributed by atoms with Gasteiger partial charge in [-0.05, 0) is 50.1 Å². The van der Waals surface area contributed by atoms with Gasteiger partial charge in [0.2, 0.25) is 0 Å². The van der Waals surface area contributed by atoms with E-state index in [9.17, 15) is 18.0 Å². The van der Waals surface area contributed by atoms with E-state index in [0.717, 1.165) is 17.1 Å². The molecule has 0 saturated heterocycles. The molecule has 0 saturated carbocycles. The van der Waals surface area contributed by atoms with Crippen LogP contribution >= 0.6 is 0 Å². The number of hydrogen-bond donors (Lipinski definition) is 2. The lowest BCUT2D eigenvalue weighted by atomic mass is 10.1. The molecule has 0 aliphatic rings. The summed E-state index contributed by atoms with van der Waals surface area (Å²) in [6.07, 6.45) is -2.76. The number of ether oxygens (including phenoxy) is 2. The number of hydrogen-bond acceptors (Lipinski definition) is 5. The number of benzene rings is 1. The zero-order valence-corrected chi connectivity index (χ0v) is 16.5. The normalized spacial score (nSPS) is 10.4. The summed E-state index contributed by atoms with van der Waals surface area (Å²) in [5.74, 6) is -1.44. The summed E-state index contributed by atoms with van der Waals surface area (Å²) in [5.41, 5.74) is 1.51. The summed E-state index contributed by atoms with van der Waals surface area (Å²) in [7, 11) is 0. The number of pyridine rings is 1. The molecule has 2 N–H and O–H groups in total. The lowest BCUT2D eigenvalue weighted by Crippen LogP contribution is -2.26. The largest absolute Gasteiger partial charge is 0.490 e. The molecule has 0 bridgehead atoms. The standard InChI is InChI=1S/C18H22N2O3.C2HF3O2/c1-3-22-16-9-8-14(13-17(16)23-4-2)10-12-20-18(21)15-7-5-6-11-19-15;3-2(4,5)1(6)7/h5-9,11,13H,3-4,10,12H2,1-2H3,(H,20,21);(H,6,7). The van der Waals surface area contributed by atoms with Crippen molar-refractivity contribution in [3.63, 3.8) is 0 Å². The summed E-state index contributed by atoms with van der Waals surface area (Å²) in [4.78, 5) is 24.8. The van der Waals surface area contributed by atoms with Crippen LogP contribution in [0.5, 0.6) is 11.5 Å². The Kier molecular flexibility index (Phi) is 10.1. The van der Waals surface area contributed by atoms with Crippen molar-refractivity contribution >= 4 is 11.9 Å². The third kappa shape index (κ3) is 8.80. The monoisotopic (exact) mass is 428 g/mol. The maximum atomic E-state index is 11.9. The van der Waals surface area contributed by atoms with Crippen LogP contribution in [0.25, 0.3) is 0 Å². The summed E-state index contributed by atoms with van der Waals surface area (Å²) >= 11 is 0. The zero-order valence-electron chi connectivity index (χ0n) is 16.5. The Morgan fingerprint density at radius 3 is 2.23 bits per heavy atom. The van der Waals surface area contributed by atoms with E-state index in [1.165, 1.54) is 0 Å². The number of rotatable bonds is 8. The number of alkyl halides is 3. The van der Waals surface area contributed by atoms with Crippen LogP contribution in [0.4, 0.5) is 13.2 Å². The van der Waals surface area contributed by atoms with Gasteiger partial charge < -0.3 is 19.9 Å². The molecule has 0 fully saturated rings. The molecule has 1 heterocycles. The van der Waals surface area contributed by atoms with E-state index < -0.39 is 12.1 Å². The van der Waals surface area contributed by atoms with Gasteiger partial charge in [-0.2, -0.15) is 13.2 Å². The van der Waals surface area contributed by atoms with Crippen molar-refractivity contribution < 1.29 is 37.3 Å². The Labute approximate surface area is 171 Å². The Morgan fingerprint density at radius 1 is 1.07 bits per heavy atom. The highest BCUT2D eigenvalue weighted by atomic mass is 19.4. The zero-order chi connectivity index (χ0) is 22.6. The number of halogens is 3. The van der Waals surface area contributed by atoms with Crippen molar-refractivity contribution in [3.8, 4) is 11.5 Å². The van der Waals surface area contributed by atoms with Crippen LogP contribution in [0.15, 0.2) is 42.6 Å². The van der Waals surface area contributed by atoms with E-state index in [2.05, 4.69) is 10.3 Å². The first-order valence-corrected chi connectivity index (χ1v) is 9.06. The van der Waals surface area contributed by atoms with Crippen LogP contribution in [0.2, 0.25) is 0 Å². The van der Waals surface area contributed by atoms with Gasteiger partial charge in [0.1, 0.15) is 5.69 Å². The molecule has 0 aliphatic heterocycles. The Hall–Kier alpha value is -3.30. The summed E-state index contributed by atoms with van der Waals surface area (Å²) in [6, 6.07) is 11.1. The molecule has 10 heteroatoms. The van der Waals surface area contributed by atoms with E-state index in [-0.39, 0.29) is 5.91 Å². The Balaban J connectivity index is 0.000000553. The fraction of sp³-hybridized carbons (Fsp3) is 0.350. The third-order valence-corrected chi connectivity index (χ3v) is 3.45. The molecule has 164 valence electrons. The van der Waals surface area contributed by atoms with Gasteiger partial charge in [-0.1, -0.05) is 12.1 Å². The second kappa shape index (κ2) is 12.3. The third-order valence-electron chi connectivity index (χ3n) is 3.45. The smallest absolute Gasteiger partial charge is 0.490 e. The van der Waals surface area contributed by atoms with Gasteiger partial charge in [0.05, 0.1) is 13.2 Å². The number of carbonyl (C=O) groups excluding carboxylic acids is 1. The molecule has 0 atom stereocenters. The summed E-state index contributed by atoms with van der Waals surface area (Å²) in [6.45, 7) is 5.60. The van der Waals surface area contributed by atoms with E-state index in [1.54, 1.807) is 24.4 Å². The van der Waals surface area contributed by atoms with Crippen LogP contribution in [-0.2, 0) is 11.2 Å². The van der Waals surface area contributed by atoms with Gasteiger partial charge in [-0.3, -0.25) is 9.78 Å². The Morgan fingerprint density at radius 2 is 1.70 bits per heavy atom. The van der Waals surface area contributed by atoms with Crippen molar-refractivity contribution in [2.75, 3.05) is 19.8 Å². The van der Waals surface area contributed by atoms with Crippen LogP contribution in [-0.4, -0.2) is 47.9 Å². The predicted molar refractivity (Wildman–Crippen MR) is 103 cm³/mol. The number of carbonyl (C=O) groups is 2. The fourth-order valence-corrected chi connectivity index (χ4v) is 2.16. The molecular formula is C20H23F3N2O5. The van der Waals surface area contributed by atoms with Gasteiger partial charge in [-0.15, -0.1) is 0 Å². The van der Waals surface area contributed by atoms with Crippen molar-refractivity contribution in [2.45, 2.75) is 26.4 Å². The number of nitrogens with one attached hydrogen (secondary N) is 1. The van der Waals surface area contributed by atoms with E-state index in [4.69, 9.17) is 19.4 Å². The highest BCUT2D eigenvalue weighted by molar-refractivity contribution is 5.92. The first kappa shape index (κ1) is 24.7. The SMILES string of the molecule is CCOc1ccc(CCNC(=O)c2ccccn2)cc1OCC.O=C(O)C(F)(F)F. The molecule has 0 aliphatic carbocycles. The van der Waals surface area contributed by atoms with E-state index in [0.29, 0.717) is 31.9 Å². The minimum Gasteiger partial charge on any atom is -0.490 e. The van der Waals surface area contributed by atoms with Crippen LogP contribution in [0, 0.1) is 0 Å². The highest BCUT2D eigenvalue weighted by Crippen LogP contribution is 2.28. The van der Waals surface area contributed by atoms with Crippen molar-refractivity contribution in [1.82, 2.24) is 10.3 Å². The first-order chi connectivity index (χ1) is 14.2. The molecule has 7 nitrogen and oxygen atoms in total. The average Bonchev–Trinajstić information content (AvgIpc) is 2.70. The molecule has 1 aromatic heterocycles.